The normalized spacial score (nSPS) is 26.6. The zero-order chi connectivity index (χ0) is 14.2. The molecule has 2 heterocycles. The van der Waals surface area contributed by atoms with Crippen molar-refractivity contribution in [1.29, 1.82) is 0 Å². The van der Waals surface area contributed by atoms with E-state index in [0.717, 1.165) is 30.5 Å². The molecule has 0 radical (unpaired) electrons. The van der Waals surface area contributed by atoms with Crippen molar-refractivity contribution in [2.24, 2.45) is 5.73 Å². The van der Waals surface area contributed by atoms with Gasteiger partial charge in [-0.3, -0.25) is 4.31 Å². The van der Waals surface area contributed by atoms with E-state index in [1.807, 2.05) is 24.3 Å². The molecule has 0 aliphatic carbocycles. The summed E-state index contributed by atoms with van der Waals surface area (Å²) in [4.78, 5) is 0. The highest BCUT2D eigenvalue weighted by Crippen LogP contribution is 2.29. The van der Waals surface area contributed by atoms with Gasteiger partial charge in [-0.1, -0.05) is 18.2 Å². The summed E-state index contributed by atoms with van der Waals surface area (Å²) in [5, 5.41) is 0. The molecule has 0 bridgehead atoms. The first kappa shape index (κ1) is 13.9. The minimum absolute atomic E-state index is 0.0497. The molecule has 2 N–H and O–H groups in total. The maximum atomic E-state index is 12.6. The van der Waals surface area contributed by atoms with Crippen LogP contribution in [0, 0.1) is 0 Å². The lowest BCUT2D eigenvalue weighted by Crippen LogP contribution is -2.48. The number of nitrogens with zero attached hydrogens (tertiary/aromatic N) is 1. The molecule has 2 aliphatic rings. The Morgan fingerprint density at radius 1 is 1.35 bits per heavy atom. The number of para-hydroxylation sites is 1. The van der Waals surface area contributed by atoms with Crippen LogP contribution in [0.2, 0.25) is 0 Å². The van der Waals surface area contributed by atoms with Crippen LogP contribution in [0.4, 0.5) is 5.69 Å². The Labute approximate surface area is 119 Å². The summed E-state index contributed by atoms with van der Waals surface area (Å²) in [5.41, 5.74) is 7.78. The lowest BCUT2D eigenvalue weighted by atomic mass is 10.0. The van der Waals surface area contributed by atoms with Gasteiger partial charge in [0, 0.05) is 19.2 Å². The van der Waals surface area contributed by atoms with Crippen LogP contribution in [-0.2, 0) is 21.2 Å². The zero-order valence-electron chi connectivity index (χ0n) is 11.4. The van der Waals surface area contributed by atoms with Gasteiger partial charge < -0.3 is 10.5 Å². The number of sulfonamides is 1. The van der Waals surface area contributed by atoms with E-state index >= 15 is 0 Å². The smallest absolute Gasteiger partial charge is 0.237 e. The van der Waals surface area contributed by atoms with Gasteiger partial charge in [0.1, 0.15) is 0 Å². The molecule has 2 unspecified atom stereocenters. The molecule has 2 aliphatic heterocycles. The Morgan fingerprint density at radius 3 is 2.90 bits per heavy atom. The van der Waals surface area contributed by atoms with E-state index in [0.29, 0.717) is 13.2 Å². The number of ether oxygens (including phenoxy) is 1. The fourth-order valence-electron chi connectivity index (χ4n) is 2.95. The van der Waals surface area contributed by atoms with E-state index in [1.165, 1.54) is 4.31 Å². The number of hydrogen-bond donors (Lipinski definition) is 1. The molecule has 1 saturated heterocycles. The van der Waals surface area contributed by atoms with Crippen molar-refractivity contribution in [3.63, 3.8) is 0 Å². The Hall–Kier alpha value is -1.11. The molecule has 110 valence electrons. The maximum absolute atomic E-state index is 12.6. The third-order valence-corrected chi connectivity index (χ3v) is 5.71. The molecule has 20 heavy (non-hydrogen) atoms. The quantitative estimate of drug-likeness (QED) is 0.899. The number of benzene rings is 1. The van der Waals surface area contributed by atoms with Gasteiger partial charge in [-0.2, -0.15) is 0 Å². The standard InChI is InChI=1S/C14H20N2O3S/c15-12-8-11-4-1-2-6-14(11)16(9-12)20(17,18)10-13-5-3-7-19-13/h1-2,4,6,12-13H,3,5,7-10,15H2. The first-order valence-corrected chi connectivity index (χ1v) is 8.63. The van der Waals surface area contributed by atoms with Gasteiger partial charge in [0.15, 0.2) is 0 Å². The van der Waals surface area contributed by atoms with Gasteiger partial charge in [-0.05, 0) is 30.9 Å². The largest absolute Gasteiger partial charge is 0.377 e. The Bertz CT molecular complexity index is 582. The molecule has 0 spiro atoms. The summed E-state index contributed by atoms with van der Waals surface area (Å²) in [5.74, 6) is 0.0497. The summed E-state index contributed by atoms with van der Waals surface area (Å²) in [6.07, 6.45) is 2.31. The average Bonchev–Trinajstić information content (AvgIpc) is 2.89. The van der Waals surface area contributed by atoms with Crippen molar-refractivity contribution >= 4 is 15.7 Å². The van der Waals surface area contributed by atoms with E-state index in [1.54, 1.807) is 0 Å². The molecule has 1 aromatic rings. The fraction of sp³-hybridized carbons (Fsp3) is 0.571. The van der Waals surface area contributed by atoms with Gasteiger partial charge in [0.05, 0.1) is 17.5 Å². The summed E-state index contributed by atoms with van der Waals surface area (Å²) in [6.45, 7) is 1.02. The first-order valence-electron chi connectivity index (χ1n) is 7.02. The van der Waals surface area contributed by atoms with Gasteiger partial charge in [0.25, 0.3) is 0 Å². The highest BCUT2D eigenvalue weighted by atomic mass is 32.2. The zero-order valence-corrected chi connectivity index (χ0v) is 12.2. The van der Waals surface area contributed by atoms with E-state index in [4.69, 9.17) is 10.5 Å². The fourth-order valence-corrected chi connectivity index (χ4v) is 4.76. The summed E-state index contributed by atoms with van der Waals surface area (Å²) < 4.78 is 32.2. The van der Waals surface area contributed by atoms with Crippen LogP contribution in [0.25, 0.3) is 0 Å². The molecule has 1 aromatic carbocycles. The lowest BCUT2D eigenvalue weighted by Gasteiger charge is -2.34. The van der Waals surface area contributed by atoms with Crippen molar-refractivity contribution < 1.29 is 13.2 Å². The molecule has 2 atom stereocenters. The number of fused-ring (bicyclic) bond motifs is 1. The lowest BCUT2D eigenvalue weighted by molar-refractivity contribution is 0.127. The van der Waals surface area contributed by atoms with Crippen LogP contribution in [0.5, 0.6) is 0 Å². The summed E-state index contributed by atoms with van der Waals surface area (Å²) in [6, 6.07) is 7.44. The molecule has 0 saturated carbocycles. The predicted octanol–water partition coefficient (Wildman–Crippen LogP) is 0.885. The molecule has 5 nitrogen and oxygen atoms in total. The van der Waals surface area contributed by atoms with Crippen LogP contribution in [0.1, 0.15) is 18.4 Å². The highest BCUT2D eigenvalue weighted by molar-refractivity contribution is 7.92. The van der Waals surface area contributed by atoms with E-state index < -0.39 is 10.0 Å². The Morgan fingerprint density at radius 2 is 2.15 bits per heavy atom. The third-order valence-electron chi connectivity index (χ3n) is 3.90. The van der Waals surface area contributed by atoms with Gasteiger partial charge >= 0.3 is 0 Å². The van der Waals surface area contributed by atoms with Crippen LogP contribution >= 0.6 is 0 Å². The number of hydrogen-bond acceptors (Lipinski definition) is 4. The molecule has 1 fully saturated rings. The third kappa shape index (κ3) is 2.68. The van der Waals surface area contributed by atoms with Gasteiger partial charge in [0.2, 0.25) is 10.0 Å². The topological polar surface area (TPSA) is 72.6 Å². The maximum Gasteiger partial charge on any atom is 0.237 e. The predicted molar refractivity (Wildman–Crippen MR) is 78.2 cm³/mol. The average molecular weight is 296 g/mol. The second-order valence-corrected chi connectivity index (χ2v) is 7.48. The van der Waals surface area contributed by atoms with Crippen molar-refractivity contribution in [2.45, 2.75) is 31.4 Å². The molecular weight excluding hydrogens is 276 g/mol. The monoisotopic (exact) mass is 296 g/mol. The Kier molecular flexibility index (Phi) is 3.70. The molecule has 0 amide bonds. The molecule has 3 rings (SSSR count). The van der Waals surface area contributed by atoms with Crippen LogP contribution in [0.15, 0.2) is 24.3 Å². The molecule has 6 heteroatoms. The van der Waals surface area contributed by atoms with Crippen molar-refractivity contribution in [3.8, 4) is 0 Å². The number of nitrogens with two attached hydrogens (primary N) is 1. The molecular formula is C14H20N2O3S. The summed E-state index contributed by atoms with van der Waals surface area (Å²) >= 11 is 0. The minimum Gasteiger partial charge on any atom is -0.377 e. The number of anilines is 1. The van der Waals surface area contributed by atoms with E-state index in [9.17, 15) is 8.42 Å². The molecule has 0 aromatic heterocycles. The SMILES string of the molecule is NC1Cc2ccccc2N(S(=O)(=O)CC2CCCO2)C1. The van der Waals surface area contributed by atoms with Crippen LogP contribution in [-0.4, -0.2) is 39.5 Å². The highest BCUT2D eigenvalue weighted by Gasteiger charge is 2.33. The number of rotatable bonds is 3. The van der Waals surface area contributed by atoms with Crippen molar-refractivity contribution in [1.82, 2.24) is 0 Å². The summed E-state index contributed by atoms with van der Waals surface area (Å²) in [7, 11) is -3.38. The second kappa shape index (κ2) is 5.35. The van der Waals surface area contributed by atoms with E-state index in [2.05, 4.69) is 0 Å². The van der Waals surface area contributed by atoms with E-state index in [-0.39, 0.29) is 17.9 Å². The first-order chi connectivity index (χ1) is 9.56. The van der Waals surface area contributed by atoms with Gasteiger partial charge in [-0.15, -0.1) is 0 Å². The van der Waals surface area contributed by atoms with Crippen molar-refractivity contribution in [3.05, 3.63) is 29.8 Å². The van der Waals surface area contributed by atoms with Crippen LogP contribution < -0.4 is 10.0 Å². The minimum atomic E-state index is -3.38. The van der Waals surface area contributed by atoms with Gasteiger partial charge in [-0.25, -0.2) is 8.42 Å². The second-order valence-electron chi connectivity index (χ2n) is 5.54. The van der Waals surface area contributed by atoms with Crippen molar-refractivity contribution in [2.75, 3.05) is 23.2 Å². The Balaban J connectivity index is 1.88. The van der Waals surface area contributed by atoms with Crippen LogP contribution in [0.3, 0.4) is 0 Å².